The number of carbonyl (C=O) groups excluding carboxylic acids is 1. The normalized spacial score (nSPS) is 21.5. The van der Waals surface area contributed by atoms with Crippen molar-refractivity contribution in [2.45, 2.75) is 83.4 Å². The molecule has 4 rings (SSSR count). The number of anilines is 1. The molecule has 9 heteroatoms. The molecular weight excluding hydrogens is 394 g/mol. The van der Waals surface area contributed by atoms with E-state index in [1.54, 1.807) is 6.20 Å². The summed E-state index contributed by atoms with van der Waals surface area (Å²) in [6.45, 7) is 5.62. The first-order chi connectivity index (χ1) is 14.8. The predicted molar refractivity (Wildman–Crippen MR) is 117 cm³/mol. The Balaban J connectivity index is 1.33. The van der Waals surface area contributed by atoms with Gasteiger partial charge in [-0.15, -0.1) is 5.10 Å². The van der Waals surface area contributed by atoms with Gasteiger partial charge in [-0.3, -0.25) is 4.68 Å². The highest BCUT2D eigenvalue weighted by Crippen LogP contribution is 2.34. The van der Waals surface area contributed by atoms with Crippen LogP contribution >= 0.6 is 0 Å². The van der Waals surface area contributed by atoms with Gasteiger partial charge in [0.15, 0.2) is 0 Å². The fourth-order valence-electron chi connectivity index (χ4n) is 4.00. The van der Waals surface area contributed by atoms with Crippen LogP contribution in [0.4, 0.5) is 10.7 Å². The number of hydrogen-bond donors (Lipinski definition) is 2. The standard InChI is InChI=1S/C22H33N7O2/c1-22(2,3)31-21(30)25-16-9-7-15(8-10-16)24-20-23-12-11-17(26-20)19-18(13-14-5-6-14)29(4)28-27-19/h11-12,14-16H,5-10,13H2,1-4H3,(H,25,30)(H,23,24,26). The van der Waals surface area contributed by atoms with Crippen LogP contribution < -0.4 is 10.6 Å². The van der Waals surface area contributed by atoms with E-state index >= 15 is 0 Å². The lowest BCUT2D eigenvalue weighted by Gasteiger charge is -2.30. The summed E-state index contributed by atoms with van der Waals surface area (Å²) in [4.78, 5) is 21.1. The van der Waals surface area contributed by atoms with E-state index in [0.717, 1.165) is 55.1 Å². The minimum atomic E-state index is -0.479. The Morgan fingerprint density at radius 2 is 1.87 bits per heavy atom. The van der Waals surface area contributed by atoms with E-state index in [2.05, 4.69) is 25.9 Å². The van der Waals surface area contributed by atoms with Crippen LogP contribution in [0, 0.1) is 5.92 Å². The Morgan fingerprint density at radius 1 is 1.16 bits per heavy atom. The minimum absolute atomic E-state index is 0.143. The molecule has 0 unspecified atom stereocenters. The third-order valence-electron chi connectivity index (χ3n) is 5.80. The van der Waals surface area contributed by atoms with Crippen molar-refractivity contribution in [1.82, 2.24) is 30.3 Å². The van der Waals surface area contributed by atoms with Crippen LogP contribution in [0.5, 0.6) is 0 Å². The first kappa shape index (κ1) is 21.5. The molecule has 2 saturated carbocycles. The molecule has 168 valence electrons. The molecule has 0 aliphatic heterocycles. The zero-order valence-corrected chi connectivity index (χ0v) is 18.9. The second-order valence-corrected chi connectivity index (χ2v) is 9.76. The Bertz CT molecular complexity index is 909. The van der Waals surface area contributed by atoms with Crippen LogP contribution in [0.25, 0.3) is 11.4 Å². The van der Waals surface area contributed by atoms with Gasteiger partial charge in [0.25, 0.3) is 0 Å². The minimum Gasteiger partial charge on any atom is -0.444 e. The smallest absolute Gasteiger partial charge is 0.407 e. The Morgan fingerprint density at radius 3 is 2.55 bits per heavy atom. The quantitative estimate of drug-likeness (QED) is 0.727. The molecule has 1 amide bonds. The van der Waals surface area contributed by atoms with E-state index in [4.69, 9.17) is 9.72 Å². The van der Waals surface area contributed by atoms with Crippen molar-refractivity contribution in [2.75, 3.05) is 5.32 Å². The number of alkyl carbamates (subject to hydrolysis) is 1. The van der Waals surface area contributed by atoms with Crippen molar-refractivity contribution >= 4 is 12.0 Å². The summed E-state index contributed by atoms with van der Waals surface area (Å²) in [6, 6.07) is 2.32. The topological polar surface area (TPSA) is 107 Å². The highest BCUT2D eigenvalue weighted by Gasteiger charge is 2.27. The molecule has 0 aromatic carbocycles. The second-order valence-electron chi connectivity index (χ2n) is 9.76. The first-order valence-corrected chi connectivity index (χ1v) is 11.2. The lowest BCUT2D eigenvalue weighted by Crippen LogP contribution is -2.42. The summed E-state index contributed by atoms with van der Waals surface area (Å²) in [6.07, 6.45) is 8.66. The van der Waals surface area contributed by atoms with Crippen molar-refractivity contribution < 1.29 is 9.53 Å². The van der Waals surface area contributed by atoms with E-state index in [1.807, 2.05) is 38.6 Å². The first-order valence-electron chi connectivity index (χ1n) is 11.2. The van der Waals surface area contributed by atoms with Crippen LogP contribution in [0.1, 0.15) is 65.0 Å². The van der Waals surface area contributed by atoms with Gasteiger partial charge in [-0.25, -0.2) is 14.8 Å². The predicted octanol–water partition coefficient (Wildman–Crippen LogP) is 3.47. The zero-order chi connectivity index (χ0) is 22.0. The van der Waals surface area contributed by atoms with Crippen molar-refractivity contribution in [2.24, 2.45) is 13.0 Å². The molecule has 2 aliphatic rings. The summed E-state index contributed by atoms with van der Waals surface area (Å²) in [5.41, 5.74) is 2.32. The highest BCUT2D eigenvalue weighted by molar-refractivity contribution is 5.68. The number of hydrogen-bond acceptors (Lipinski definition) is 7. The second kappa shape index (κ2) is 8.80. The van der Waals surface area contributed by atoms with Gasteiger partial charge >= 0.3 is 6.09 Å². The van der Waals surface area contributed by atoms with Gasteiger partial charge in [-0.2, -0.15) is 0 Å². The molecule has 2 heterocycles. The van der Waals surface area contributed by atoms with Gasteiger partial charge in [0.2, 0.25) is 5.95 Å². The number of rotatable bonds is 6. The lowest BCUT2D eigenvalue weighted by molar-refractivity contribution is 0.0492. The highest BCUT2D eigenvalue weighted by atomic mass is 16.6. The van der Waals surface area contributed by atoms with Crippen molar-refractivity contribution in [3.8, 4) is 11.4 Å². The average Bonchev–Trinajstić information content (AvgIpc) is 3.44. The molecule has 0 atom stereocenters. The van der Waals surface area contributed by atoms with E-state index in [-0.39, 0.29) is 18.2 Å². The SMILES string of the molecule is Cn1nnc(-c2ccnc(NC3CCC(NC(=O)OC(C)(C)C)CC3)n2)c1CC1CC1. The molecule has 31 heavy (non-hydrogen) atoms. The Kier molecular flexibility index (Phi) is 6.11. The number of nitrogens with one attached hydrogen (secondary N) is 2. The average molecular weight is 428 g/mol. The molecular formula is C22H33N7O2. The van der Waals surface area contributed by atoms with Gasteiger partial charge < -0.3 is 15.4 Å². The van der Waals surface area contributed by atoms with Gasteiger partial charge in [0.1, 0.15) is 11.3 Å². The van der Waals surface area contributed by atoms with Crippen molar-refractivity contribution in [3.05, 3.63) is 18.0 Å². The Hall–Kier alpha value is -2.71. The molecule has 0 saturated heterocycles. The van der Waals surface area contributed by atoms with Crippen LogP contribution in [-0.2, 0) is 18.2 Å². The molecule has 2 fully saturated rings. The number of ether oxygens (including phenoxy) is 1. The molecule has 2 aromatic rings. The summed E-state index contributed by atoms with van der Waals surface area (Å²) in [5.74, 6) is 1.36. The summed E-state index contributed by atoms with van der Waals surface area (Å²) >= 11 is 0. The van der Waals surface area contributed by atoms with Gasteiger partial charge in [-0.1, -0.05) is 5.21 Å². The van der Waals surface area contributed by atoms with Crippen molar-refractivity contribution in [1.29, 1.82) is 0 Å². The van der Waals surface area contributed by atoms with Gasteiger partial charge in [0.05, 0.1) is 11.4 Å². The van der Waals surface area contributed by atoms with Crippen LogP contribution in [0.2, 0.25) is 0 Å². The number of carbonyl (C=O) groups is 1. The molecule has 0 bridgehead atoms. The van der Waals surface area contributed by atoms with Crippen molar-refractivity contribution in [3.63, 3.8) is 0 Å². The summed E-state index contributed by atoms with van der Waals surface area (Å²) < 4.78 is 7.22. The Labute approximate surface area is 183 Å². The molecule has 0 spiro atoms. The fourth-order valence-corrected chi connectivity index (χ4v) is 4.00. The maximum absolute atomic E-state index is 12.0. The van der Waals surface area contributed by atoms with Gasteiger partial charge in [0, 0.05) is 25.3 Å². The number of aryl methyl sites for hydroxylation is 1. The third-order valence-corrected chi connectivity index (χ3v) is 5.80. The zero-order valence-electron chi connectivity index (χ0n) is 18.9. The molecule has 0 radical (unpaired) electrons. The largest absolute Gasteiger partial charge is 0.444 e. The molecule has 2 N–H and O–H groups in total. The monoisotopic (exact) mass is 427 g/mol. The maximum atomic E-state index is 12.0. The molecule has 9 nitrogen and oxygen atoms in total. The third kappa shape index (κ3) is 5.92. The van der Waals surface area contributed by atoms with E-state index < -0.39 is 5.60 Å². The molecule has 2 aromatic heterocycles. The van der Waals surface area contributed by atoms with Crippen LogP contribution in [0.3, 0.4) is 0 Å². The molecule has 2 aliphatic carbocycles. The summed E-state index contributed by atoms with van der Waals surface area (Å²) in [5, 5.41) is 15.0. The maximum Gasteiger partial charge on any atom is 0.407 e. The number of amides is 1. The van der Waals surface area contributed by atoms with Crippen LogP contribution in [0.15, 0.2) is 12.3 Å². The van der Waals surface area contributed by atoms with E-state index in [0.29, 0.717) is 5.95 Å². The van der Waals surface area contributed by atoms with Crippen LogP contribution in [-0.4, -0.2) is 48.7 Å². The summed E-state index contributed by atoms with van der Waals surface area (Å²) in [7, 11) is 1.94. The van der Waals surface area contributed by atoms with E-state index in [1.165, 1.54) is 12.8 Å². The lowest BCUT2D eigenvalue weighted by atomic mass is 9.91. The number of nitrogens with zero attached hydrogens (tertiary/aromatic N) is 5. The van der Waals surface area contributed by atoms with E-state index in [9.17, 15) is 4.79 Å². The number of aromatic nitrogens is 5. The van der Waals surface area contributed by atoms with Gasteiger partial charge in [-0.05, 0) is 77.7 Å². The fraction of sp³-hybridized carbons (Fsp3) is 0.682.